The van der Waals surface area contributed by atoms with Gasteiger partial charge in [0.1, 0.15) is 24.8 Å². The van der Waals surface area contributed by atoms with Gasteiger partial charge in [-0.2, -0.15) is 0 Å². The number of pyridine rings is 1. The number of benzene rings is 1. The van der Waals surface area contributed by atoms with Crippen LogP contribution in [0.3, 0.4) is 0 Å². The molecule has 3 amide bonds. The number of halogens is 2. The zero-order valence-corrected chi connectivity index (χ0v) is 19.7. The number of morpholine rings is 1. The maximum atomic E-state index is 14.9. The summed E-state index contributed by atoms with van der Waals surface area (Å²) in [4.78, 5) is 56.2. The molecule has 2 atom stereocenters. The zero-order chi connectivity index (χ0) is 25.9. The number of anilines is 3. The highest BCUT2D eigenvalue weighted by Gasteiger charge is 2.70. The molecule has 1 saturated carbocycles. The summed E-state index contributed by atoms with van der Waals surface area (Å²) in [5.74, 6) is -4.47. The average Bonchev–Trinajstić information content (AvgIpc) is 3.63. The Kier molecular flexibility index (Phi) is 7.32. The molecule has 12 heteroatoms. The fourth-order valence-corrected chi connectivity index (χ4v) is 3.99. The van der Waals surface area contributed by atoms with Crippen LogP contribution in [0.15, 0.2) is 49.2 Å². The van der Waals surface area contributed by atoms with Gasteiger partial charge in [0.05, 0.1) is 23.2 Å². The van der Waals surface area contributed by atoms with E-state index in [9.17, 15) is 23.6 Å². The van der Waals surface area contributed by atoms with Gasteiger partial charge in [-0.15, -0.1) is 0 Å². The van der Waals surface area contributed by atoms with Crippen LogP contribution in [0.2, 0.25) is 5.02 Å². The van der Waals surface area contributed by atoms with Crippen LogP contribution in [0, 0.1) is 17.2 Å². The SMILES string of the molecule is C=CCOC(=O)[C@]1(C(=O)Nc2ccc(N3CCOCC3=O)cc2F)C[C@H]1C(=O)Nc1ccc(Cl)cn1. The van der Waals surface area contributed by atoms with Gasteiger partial charge in [-0.05, 0) is 36.8 Å². The van der Waals surface area contributed by atoms with Crippen LogP contribution in [0.4, 0.5) is 21.6 Å². The maximum Gasteiger partial charge on any atom is 0.322 e. The Balaban J connectivity index is 1.52. The molecular weight excluding hydrogens is 495 g/mol. The summed E-state index contributed by atoms with van der Waals surface area (Å²) in [5.41, 5.74) is -1.77. The number of carbonyl (C=O) groups is 4. The van der Waals surface area contributed by atoms with Crippen LogP contribution >= 0.6 is 11.6 Å². The minimum atomic E-state index is -1.86. The van der Waals surface area contributed by atoms with E-state index in [1.807, 2.05) is 0 Å². The minimum absolute atomic E-state index is 0.107. The third-order valence-electron chi connectivity index (χ3n) is 5.86. The van der Waals surface area contributed by atoms with Crippen molar-refractivity contribution < 1.29 is 33.0 Å². The molecule has 1 saturated heterocycles. The molecule has 4 rings (SSSR count). The van der Waals surface area contributed by atoms with Gasteiger partial charge >= 0.3 is 5.97 Å². The fraction of sp³-hybridized carbons (Fsp3) is 0.292. The second kappa shape index (κ2) is 10.4. The third-order valence-corrected chi connectivity index (χ3v) is 6.08. The summed E-state index contributed by atoms with van der Waals surface area (Å²) in [6, 6.07) is 6.84. The zero-order valence-electron chi connectivity index (χ0n) is 19.0. The first-order chi connectivity index (χ1) is 17.3. The average molecular weight is 517 g/mol. The van der Waals surface area contributed by atoms with Crippen LogP contribution in [0.1, 0.15) is 6.42 Å². The van der Waals surface area contributed by atoms with Gasteiger partial charge in [-0.3, -0.25) is 19.2 Å². The lowest BCUT2D eigenvalue weighted by atomic mass is 10.0. The summed E-state index contributed by atoms with van der Waals surface area (Å²) in [6.07, 6.45) is 2.51. The number of ether oxygens (including phenoxy) is 2. The normalized spacial score (nSPS) is 20.9. The van der Waals surface area contributed by atoms with E-state index in [1.165, 1.54) is 41.4 Å². The number of aromatic nitrogens is 1. The number of carbonyl (C=O) groups excluding carboxylic acids is 4. The molecule has 2 aromatic rings. The second-order valence-electron chi connectivity index (χ2n) is 8.18. The fourth-order valence-electron chi connectivity index (χ4n) is 3.87. The van der Waals surface area contributed by atoms with Crippen LogP contribution in [-0.4, -0.2) is 55.0 Å². The van der Waals surface area contributed by atoms with Crippen LogP contribution in [0.25, 0.3) is 0 Å². The summed E-state index contributed by atoms with van der Waals surface area (Å²) in [5, 5.41) is 5.29. The third kappa shape index (κ3) is 5.07. The highest BCUT2D eigenvalue weighted by Crippen LogP contribution is 2.55. The van der Waals surface area contributed by atoms with E-state index >= 15 is 0 Å². The number of esters is 1. The van der Waals surface area contributed by atoms with Gasteiger partial charge in [0.2, 0.25) is 11.8 Å². The molecule has 1 aliphatic carbocycles. The highest BCUT2D eigenvalue weighted by molar-refractivity contribution is 6.30. The number of nitrogens with zero attached hydrogens (tertiary/aromatic N) is 2. The van der Waals surface area contributed by atoms with Crippen molar-refractivity contribution >= 4 is 52.5 Å². The van der Waals surface area contributed by atoms with Crippen molar-refractivity contribution in [1.82, 2.24) is 4.98 Å². The van der Waals surface area contributed by atoms with Gasteiger partial charge in [-0.25, -0.2) is 9.37 Å². The first-order valence-electron chi connectivity index (χ1n) is 11.0. The van der Waals surface area contributed by atoms with Crippen molar-refractivity contribution in [3.8, 4) is 0 Å². The summed E-state index contributed by atoms with van der Waals surface area (Å²) in [6.45, 7) is 3.77. The van der Waals surface area contributed by atoms with E-state index in [1.54, 1.807) is 0 Å². The quantitative estimate of drug-likeness (QED) is 0.313. The van der Waals surface area contributed by atoms with Crippen molar-refractivity contribution in [2.24, 2.45) is 11.3 Å². The van der Waals surface area contributed by atoms with Gasteiger partial charge in [0, 0.05) is 18.4 Å². The molecule has 0 spiro atoms. The molecule has 188 valence electrons. The summed E-state index contributed by atoms with van der Waals surface area (Å²) >= 11 is 5.80. The number of hydrogen-bond donors (Lipinski definition) is 2. The van der Waals surface area contributed by atoms with E-state index < -0.39 is 34.9 Å². The van der Waals surface area contributed by atoms with Crippen LogP contribution < -0.4 is 15.5 Å². The molecule has 0 unspecified atom stereocenters. The van der Waals surface area contributed by atoms with Crippen molar-refractivity contribution in [3.63, 3.8) is 0 Å². The van der Waals surface area contributed by atoms with Crippen LogP contribution in [0.5, 0.6) is 0 Å². The Labute approximate surface area is 210 Å². The lowest BCUT2D eigenvalue weighted by Gasteiger charge is -2.27. The Bertz CT molecular complexity index is 1220. The molecular formula is C24H22ClFN4O6. The molecule has 2 heterocycles. The number of nitrogens with one attached hydrogen (secondary N) is 2. The monoisotopic (exact) mass is 516 g/mol. The molecule has 10 nitrogen and oxygen atoms in total. The number of hydrogen-bond acceptors (Lipinski definition) is 7. The van der Waals surface area contributed by atoms with E-state index in [0.29, 0.717) is 17.3 Å². The Morgan fingerprint density at radius 1 is 1.31 bits per heavy atom. The van der Waals surface area contributed by atoms with Gasteiger partial charge in [0.15, 0.2) is 5.41 Å². The molecule has 1 aromatic heterocycles. The second-order valence-corrected chi connectivity index (χ2v) is 8.62. The number of amides is 3. The molecule has 1 aliphatic heterocycles. The van der Waals surface area contributed by atoms with Crippen molar-refractivity contribution in [1.29, 1.82) is 0 Å². The van der Waals surface area contributed by atoms with E-state index in [-0.39, 0.29) is 43.6 Å². The summed E-state index contributed by atoms with van der Waals surface area (Å²) < 4.78 is 25.0. The Hall–Kier alpha value is -3.83. The minimum Gasteiger partial charge on any atom is -0.461 e. The van der Waals surface area contributed by atoms with Crippen molar-refractivity contribution in [2.45, 2.75) is 6.42 Å². The van der Waals surface area contributed by atoms with Gasteiger partial charge in [0.25, 0.3) is 5.91 Å². The molecule has 0 radical (unpaired) electrons. The predicted molar refractivity (Wildman–Crippen MR) is 128 cm³/mol. The Morgan fingerprint density at radius 3 is 2.78 bits per heavy atom. The van der Waals surface area contributed by atoms with Crippen molar-refractivity contribution in [2.75, 3.05) is 41.9 Å². The van der Waals surface area contributed by atoms with Gasteiger partial charge in [-0.1, -0.05) is 24.3 Å². The lowest BCUT2D eigenvalue weighted by molar-refractivity contribution is -0.154. The molecule has 36 heavy (non-hydrogen) atoms. The highest BCUT2D eigenvalue weighted by atomic mass is 35.5. The maximum absolute atomic E-state index is 14.9. The van der Waals surface area contributed by atoms with Gasteiger partial charge < -0.3 is 25.0 Å². The summed E-state index contributed by atoms with van der Waals surface area (Å²) in [7, 11) is 0. The molecule has 2 fully saturated rings. The first-order valence-corrected chi connectivity index (χ1v) is 11.3. The van der Waals surface area contributed by atoms with Crippen molar-refractivity contribution in [3.05, 3.63) is 60.0 Å². The standard InChI is InChI=1S/C24H22ClFN4O6/c1-2-8-36-23(34)24(11-16(24)21(32)29-19-6-3-14(25)12-27-19)22(33)28-18-5-4-15(10-17(18)26)30-7-9-35-13-20(30)31/h2-6,10,12,16H,1,7-9,11,13H2,(H,28,33)(H,27,29,32)/t16-,24+/m0/s1. The topological polar surface area (TPSA) is 127 Å². The largest absolute Gasteiger partial charge is 0.461 e. The molecule has 2 N–H and O–H groups in total. The predicted octanol–water partition coefficient (Wildman–Crippen LogP) is 2.55. The first kappa shape index (κ1) is 25.3. The number of rotatable bonds is 8. The van der Waals surface area contributed by atoms with E-state index in [2.05, 4.69) is 22.2 Å². The smallest absolute Gasteiger partial charge is 0.322 e. The molecule has 1 aromatic carbocycles. The van der Waals surface area contributed by atoms with E-state index in [0.717, 1.165) is 6.07 Å². The van der Waals surface area contributed by atoms with Crippen LogP contribution in [-0.2, 0) is 28.7 Å². The van der Waals surface area contributed by atoms with E-state index in [4.69, 9.17) is 21.1 Å². The molecule has 2 aliphatic rings. The Morgan fingerprint density at radius 2 is 2.11 bits per heavy atom. The lowest BCUT2D eigenvalue weighted by Crippen LogP contribution is -2.41. The molecule has 0 bridgehead atoms.